The normalized spacial score (nSPS) is 11.7. The van der Waals surface area contributed by atoms with Crippen molar-refractivity contribution in [3.63, 3.8) is 0 Å². The number of carbonyl (C=O) groups is 2. The highest BCUT2D eigenvalue weighted by Crippen LogP contribution is 2.37. The number of rotatable bonds is 5. The van der Waals surface area contributed by atoms with Crippen molar-refractivity contribution in [1.29, 1.82) is 0 Å². The zero-order valence-electron chi connectivity index (χ0n) is 17.2. The minimum absolute atomic E-state index is 0.0375. The second-order valence-electron chi connectivity index (χ2n) is 7.53. The minimum Gasteiger partial charge on any atom is -0.462 e. The Bertz CT molecular complexity index is 900. The number of alkyl halides is 3. The number of alkyl carbamates (subject to hydrolysis) is 1. The van der Waals surface area contributed by atoms with E-state index in [2.05, 4.69) is 5.32 Å². The minimum atomic E-state index is -4.58. The average molecular weight is 423 g/mol. The molecule has 0 radical (unpaired) electrons. The second-order valence-corrected chi connectivity index (χ2v) is 7.53. The third kappa shape index (κ3) is 6.50. The molecule has 0 bridgehead atoms. The van der Waals surface area contributed by atoms with Crippen molar-refractivity contribution in [2.24, 2.45) is 0 Å². The molecule has 0 aromatic heterocycles. The highest BCUT2D eigenvalue weighted by Gasteiger charge is 2.34. The number of hydrogen-bond donors (Lipinski definition) is 1. The van der Waals surface area contributed by atoms with Gasteiger partial charge in [-0.3, -0.25) is 0 Å². The Morgan fingerprint density at radius 2 is 1.63 bits per heavy atom. The number of amides is 1. The molecule has 0 fully saturated rings. The Kier molecular flexibility index (Phi) is 7.12. The van der Waals surface area contributed by atoms with Gasteiger partial charge in [-0.1, -0.05) is 24.3 Å². The maximum atomic E-state index is 13.5. The Morgan fingerprint density at radius 1 is 1.00 bits per heavy atom. The van der Waals surface area contributed by atoms with E-state index < -0.39 is 29.4 Å². The average Bonchev–Trinajstić information content (AvgIpc) is 2.64. The van der Waals surface area contributed by atoms with Crippen LogP contribution in [0.25, 0.3) is 11.1 Å². The first-order chi connectivity index (χ1) is 13.9. The number of nitrogens with one attached hydrogen (secondary N) is 1. The van der Waals surface area contributed by atoms with E-state index in [0.29, 0.717) is 5.56 Å². The predicted octanol–water partition coefficient (Wildman–Crippen LogP) is 5.57. The van der Waals surface area contributed by atoms with E-state index in [9.17, 15) is 22.8 Å². The first kappa shape index (κ1) is 23.3. The molecule has 162 valence electrons. The monoisotopic (exact) mass is 423 g/mol. The summed E-state index contributed by atoms with van der Waals surface area (Å²) in [6.45, 7) is 7.11. The molecule has 1 amide bonds. The Hall–Kier alpha value is -3.03. The summed E-state index contributed by atoms with van der Waals surface area (Å²) < 4.78 is 50.4. The van der Waals surface area contributed by atoms with E-state index in [4.69, 9.17) is 9.47 Å². The van der Waals surface area contributed by atoms with Crippen LogP contribution in [0.2, 0.25) is 0 Å². The van der Waals surface area contributed by atoms with Gasteiger partial charge in [0.2, 0.25) is 0 Å². The SMILES string of the molecule is CCOC(=O)c1ccc(C(F)(F)F)c(-c2ccc(CNC(=O)OC(C)(C)C)cc2)c1. The summed E-state index contributed by atoms with van der Waals surface area (Å²) in [6, 6.07) is 9.36. The van der Waals surface area contributed by atoms with Crippen LogP contribution in [0.3, 0.4) is 0 Å². The smallest absolute Gasteiger partial charge is 0.417 e. The molecule has 0 saturated carbocycles. The van der Waals surface area contributed by atoms with Crippen molar-refractivity contribution in [3.8, 4) is 11.1 Å². The summed E-state index contributed by atoms with van der Waals surface area (Å²) >= 11 is 0. The zero-order chi connectivity index (χ0) is 22.5. The van der Waals surface area contributed by atoms with Gasteiger partial charge in [0.25, 0.3) is 0 Å². The second kappa shape index (κ2) is 9.19. The largest absolute Gasteiger partial charge is 0.462 e. The lowest BCUT2D eigenvalue weighted by Gasteiger charge is -2.19. The van der Waals surface area contributed by atoms with Crippen LogP contribution in [0, 0.1) is 0 Å². The van der Waals surface area contributed by atoms with E-state index in [1.54, 1.807) is 39.8 Å². The van der Waals surface area contributed by atoms with Gasteiger partial charge in [0.1, 0.15) is 5.60 Å². The van der Waals surface area contributed by atoms with Crippen molar-refractivity contribution >= 4 is 12.1 Å². The fourth-order valence-electron chi connectivity index (χ4n) is 2.66. The van der Waals surface area contributed by atoms with Crippen molar-refractivity contribution in [2.45, 2.75) is 46.0 Å². The van der Waals surface area contributed by atoms with Crippen LogP contribution < -0.4 is 5.32 Å². The topological polar surface area (TPSA) is 64.6 Å². The molecule has 2 aromatic rings. The lowest BCUT2D eigenvalue weighted by Crippen LogP contribution is -2.32. The predicted molar refractivity (Wildman–Crippen MR) is 106 cm³/mol. The first-order valence-corrected chi connectivity index (χ1v) is 9.35. The van der Waals surface area contributed by atoms with Crippen molar-refractivity contribution in [1.82, 2.24) is 5.32 Å². The Balaban J connectivity index is 2.26. The van der Waals surface area contributed by atoms with E-state index in [-0.39, 0.29) is 29.8 Å². The van der Waals surface area contributed by atoms with E-state index in [0.717, 1.165) is 12.1 Å². The first-order valence-electron chi connectivity index (χ1n) is 9.35. The summed E-state index contributed by atoms with van der Waals surface area (Å²) in [5, 5.41) is 2.59. The lowest BCUT2D eigenvalue weighted by atomic mass is 9.96. The molecule has 5 nitrogen and oxygen atoms in total. The van der Waals surface area contributed by atoms with Crippen molar-refractivity contribution < 1.29 is 32.2 Å². The molecule has 0 spiro atoms. The highest BCUT2D eigenvalue weighted by molar-refractivity contribution is 5.91. The fraction of sp³-hybridized carbons (Fsp3) is 0.364. The summed E-state index contributed by atoms with van der Waals surface area (Å²) in [7, 11) is 0. The van der Waals surface area contributed by atoms with E-state index in [1.807, 2.05) is 0 Å². The van der Waals surface area contributed by atoms with Gasteiger partial charge in [-0.05, 0) is 62.6 Å². The van der Waals surface area contributed by atoms with E-state index >= 15 is 0 Å². The molecule has 0 aliphatic heterocycles. The van der Waals surface area contributed by atoms with Crippen LogP contribution in [0.1, 0.15) is 49.2 Å². The van der Waals surface area contributed by atoms with Crippen molar-refractivity contribution in [2.75, 3.05) is 6.61 Å². The van der Waals surface area contributed by atoms with Gasteiger partial charge in [0.15, 0.2) is 0 Å². The molecule has 0 unspecified atom stereocenters. The molecule has 2 aromatic carbocycles. The number of benzene rings is 2. The molecule has 0 aliphatic carbocycles. The van der Waals surface area contributed by atoms with Gasteiger partial charge in [-0.2, -0.15) is 13.2 Å². The number of ether oxygens (including phenoxy) is 2. The highest BCUT2D eigenvalue weighted by atomic mass is 19.4. The summed E-state index contributed by atoms with van der Waals surface area (Å²) in [4.78, 5) is 23.7. The molecule has 8 heteroatoms. The molecule has 0 aliphatic rings. The Labute approximate surface area is 173 Å². The Morgan fingerprint density at radius 3 is 2.17 bits per heavy atom. The number of halogens is 3. The van der Waals surface area contributed by atoms with Gasteiger partial charge >= 0.3 is 18.2 Å². The molecule has 2 rings (SSSR count). The molecule has 0 saturated heterocycles. The summed E-state index contributed by atoms with van der Waals surface area (Å²) in [5.41, 5.74) is -0.606. The van der Waals surface area contributed by atoms with Crippen LogP contribution in [-0.4, -0.2) is 24.3 Å². The standard InChI is InChI=1S/C22H24F3NO4/c1-5-29-19(27)16-10-11-18(22(23,24)25)17(12-16)15-8-6-14(7-9-15)13-26-20(28)30-21(2,3)4/h6-12H,5,13H2,1-4H3,(H,26,28). The van der Waals surface area contributed by atoms with Crippen LogP contribution >= 0.6 is 0 Å². The number of esters is 1. The molecule has 1 N–H and O–H groups in total. The van der Waals surface area contributed by atoms with E-state index in [1.165, 1.54) is 18.2 Å². The molecular weight excluding hydrogens is 399 g/mol. The number of carbonyl (C=O) groups excluding carboxylic acids is 2. The summed E-state index contributed by atoms with van der Waals surface area (Å²) in [5.74, 6) is -0.689. The molecule has 30 heavy (non-hydrogen) atoms. The van der Waals surface area contributed by atoms with Gasteiger partial charge in [0, 0.05) is 6.54 Å². The molecule has 0 atom stereocenters. The molecular formula is C22H24F3NO4. The van der Waals surface area contributed by atoms with Gasteiger partial charge in [-0.15, -0.1) is 0 Å². The quantitative estimate of drug-likeness (QED) is 0.638. The third-order valence-electron chi connectivity index (χ3n) is 3.94. The number of hydrogen-bond acceptors (Lipinski definition) is 4. The lowest BCUT2D eigenvalue weighted by molar-refractivity contribution is -0.137. The molecule has 0 heterocycles. The van der Waals surface area contributed by atoms with Crippen LogP contribution in [0.5, 0.6) is 0 Å². The maximum Gasteiger partial charge on any atom is 0.417 e. The van der Waals surface area contributed by atoms with Gasteiger partial charge < -0.3 is 14.8 Å². The van der Waals surface area contributed by atoms with Crippen LogP contribution in [-0.2, 0) is 22.2 Å². The fourth-order valence-corrected chi connectivity index (χ4v) is 2.66. The van der Waals surface area contributed by atoms with Crippen molar-refractivity contribution in [3.05, 3.63) is 59.2 Å². The maximum absolute atomic E-state index is 13.5. The van der Waals surface area contributed by atoms with Crippen LogP contribution in [0.4, 0.5) is 18.0 Å². The third-order valence-corrected chi connectivity index (χ3v) is 3.94. The zero-order valence-corrected chi connectivity index (χ0v) is 17.2. The van der Waals surface area contributed by atoms with Gasteiger partial charge in [0.05, 0.1) is 17.7 Å². The van der Waals surface area contributed by atoms with Gasteiger partial charge in [-0.25, -0.2) is 9.59 Å². The summed E-state index contributed by atoms with van der Waals surface area (Å²) in [6.07, 6.45) is -5.17. The van der Waals surface area contributed by atoms with Crippen LogP contribution in [0.15, 0.2) is 42.5 Å².